The quantitative estimate of drug-likeness (QED) is 0.424. The standard InChI is InChI=1S/C23H26FN5O4S/c1-15-20(21(30)26-12-17-5-4-10-25-11-17)34-22(27-15)28-23(31)29(14-19(32-2)33-3)13-16-6-8-18(24)9-7-16/h4-11,19H,12-14H2,1-3H3,(H,26,30)(H,27,28,31). The number of urea groups is 1. The van der Waals surface area contributed by atoms with Crippen LogP contribution in [0.4, 0.5) is 14.3 Å². The minimum absolute atomic E-state index is 0.124. The fourth-order valence-corrected chi connectivity index (χ4v) is 3.92. The number of carbonyl (C=O) groups excluding carboxylic acids is 2. The lowest BCUT2D eigenvalue weighted by atomic mass is 10.2. The third kappa shape index (κ3) is 7.04. The number of benzene rings is 1. The predicted molar refractivity (Wildman–Crippen MR) is 126 cm³/mol. The van der Waals surface area contributed by atoms with Crippen LogP contribution in [-0.4, -0.2) is 53.9 Å². The van der Waals surface area contributed by atoms with Crippen LogP contribution in [0.15, 0.2) is 48.8 Å². The molecule has 2 N–H and O–H groups in total. The molecule has 2 heterocycles. The maximum absolute atomic E-state index is 13.3. The molecule has 11 heteroatoms. The van der Waals surface area contributed by atoms with E-state index in [4.69, 9.17) is 9.47 Å². The van der Waals surface area contributed by atoms with Crippen molar-refractivity contribution in [1.29, 1.82) is 0 Å². The number of carbonyl (C=O) groups is 2. The first-order valence-electron chi connectivity index (χ1n) is 10.4. The molecule has 9 nitrogen and oxygen atoms in total. The molecule has 3 aromatic rings. The Balaban J connectivity index is 1.68. The molecular weight excluding hydrogens is 461 g/mol. The van der Waals surface area contributed by atoms with Crippen LogP contribution >= 0.6 is 11.3 Å². The average molecular weight is 488 g/mol. The molecule has 0 aliphatic rings. The number of nitrogens with one attached hydrogen (secondary N) is 2. The molecule has 0 aliphatic carbocycles. The summed E-state index contributed by atoms with van der Waals surface area (Å²) in [5, 5.41) is 5.85. The first kappa shape index (κ1) is 25.2. The number of aryl methyl sites for hydroxylation is 1. The van der Waals surface area contributed by atoms with Crippen molar-refractivity contribution in [3.63, 3.8) is 0 Å². The van der Waals surface area contributed by atoms with E-state index in [-0.39, 0.29) is 29.9 Å². The summed E-state index contributed by atoms with van der Waals surface area (Å²) in [6.07, 6.45) is 2.68. The molecule has 0 bridgehead atoms. The summed E-state index contributed by atoms with van der Waals surface area (Å²) >= 11 is 1.08. The van der Waals surface area contributed by atoms with Gasteiger partial charge in [0.15, 0.2) is 11.4 Å². The summed E-state index contributed by atoms with van der Waals surface area (Å²) < 4.78 is 23.7. The highest BCUT2D eigenvalue weighted by Crippen LogP contribution is 2.23. The largest absolute Gasteiger partial charge is 0.354 e. The number of amides is 3. The molecular formula is C23H26FN5O4S. The van der Waals surface area contributed by atoms with Gasteiger partial charge in [-0.05, 0) is 36.2 Å². The van der Waals surface area contributed by atoms with Crippen molar-refractivity contribution >= 4 is 28.4 Å². The number of hydrogen-bond acceptors (Lipinski definition) is 7. The van der Waals surface area contributed by atoms with Crippen molar-refractivity contribution in [3.8, 4) is 0 Å². The maximum Gasteiger partial charge on any atom is 0.324 e. The molecule has 0 spiro atoms. The Bertz CT molecular complexity index is 1090. The number of rotatable bonds is 10. The lowest BCUT2D eigenvalue weighted by Gasteiger charge is -2.26. The molecule has 0 saturated heterocycles. The summed E-state index contributed by atoms with van der Waals surface area (Å²) in [5.41, 5.74) is 2.10. The number of halogens is 1. The number of anilines is 1. The molecule has 3 amide bonds. The van der Waals surface area contributed by atoms with Crippen LogP contribution in [0.5, 0.6) is 0 Å². The molecule has 3 rings (SSSR count). The van der Waals surface area contributed by atoms with Crippen molar-refractivity contribution < 1.29 is 23.5 Å². The topological polar surface area (TPSA) is 106 Å². The molecule has 180 valence electrons. The summed E-state index contributed by atoms with van der Waals surface area (Å²) in [7, 11) is 2.95. The Kier molecular flexibility index (Phi) is 9.02. The highest BCUT2D eigenvalue weighted by molar-refractivity contribution is 7.17. The van der Waals surface area contributed by atoms with Crippen LogP contribution in [0, 0.1) is 12.7 Å². The highest BCUT2D eigenvalue weighted by atomic mass is 32.1. The van der Waals surface area contributed by atoms with Gasteiger partial charge in [0.2, 0.25) is 0 Å². The van der Waals surface area contributed by atoms with E-state index in [1.54, 1.807) is 37.5 Å². The number of aromatic nitrogens is 2. The zero-order chi connectivity index (χ0) is 24.5. The number of nitrogens with zero attached hydrogens (tertiary/aromatic N) is 3. The minimum atomic E-state index is -0.655. The summed E-state index contributed by atoms with van der Waals surface area (Å²) in [6.45, 7) is 2.34. The number of hydrogen-bond donors (Lipinski definition) is 2. The molecule has 1 aromatic carbocycles. The Labute approximate surface area is 200 Å². The minimum Gasteiger partial charge on any atom is -0.354 e. The molecule has 0 fully saturated rings. The van der Waals surface area contributed by atoms with Crippen LogP contribution in [0.1, 0.15) is 26.5 Å². The molecule has 0 atom stereocenters. The third-order valence-corrected chi connectivity index (χ3v) is 5.93. The van der Waals surface area contributed by atoms with Crippen LogP contribution in [0.2, 0.25) is 0 Å². The number of pyridine rings is 1. The summed E-state index contributed by atoms with van der Waals surface area (Å²) in [6, 6.07) is 9.06. The first-order valence-corrected chi connectivity index (χ1v) is 11.2. The van der Waals surface area contributed by atoms with Gasteiger partial charge in [0.05, 0.1) is 12.2 Å². The molecule has 0 aliphatic heterocycles. The average Bonchev–Trinajstić information content (AvgIpc) is 3.21. The van der Waals surface area contributed by atoms with Gasteiger partial charge >= 0.3 is 6.03 Å². The Morgan fingerprint density at radius 3 is 2.53 bits per heavy atom. The second-order valence-electron chi connectivity index (χ2n) is 7.32. The highest BCUT2D eigenvalue weighted by Gasteiger charge is 2.22. The normalized spacial score (nSPS) is 10.9. The van der Waals surface area contributed by atoms with Crippen LogP contribution in [-0.2, 0) is 22.6 Å². The van der Waals surface area contributed by atoms with Crippen molar-refractivity contribution in [2.45, 2.75) is 26.3 Å². The van der Waals surface area contributed by atoms with Gasteiger partial charge in [-0.1, -0.05) is 29.5 Å². The van der Waals surface area contributed by atoms with Gasteiger partial charge in [-0.3, -0.25) is 15.1 Å². The third-order valence-electron chi connectivity index (χ3n) is 4.86. The lowest BCUT2D eigenvalue weighted by molar-refractivity contribution is -0.111. The number of thiazole rings is 1. The van der Waals surface area contributed by atoms with E-state index in [9.17, 15) is 14.0 Å². The lowest BCUT2D eigenvalue weighted by Crippen LogP contribution is -2.41. The Hall–Kier alpha value is -3.41. The van der Waals surface area contributed by atoms with E-state index in [0.29, 0.717) is 17.1 Å². The van der Waals surface area contributed by atoms with Crippen LogP contribution in [0.3, 0.4) is 0 Å². The Morgan fingerprint density at radius 2 is 1.88 bits per heavy atom. The molecule has 0 saturated carbocycles. The fourth-order valence-electron chi connectivity index (χ4n) is 3.05. The number of ether oxygens (including phenoxy) is 2. The molecule has 34 heavy (non-hydrogen) atoms. The van der Waals surface area contributed by atoms with Gasteiger partial charge < -0.3 is 19.7 Å². The predicted octanol–water partition coefficient (Wildman–Crippen LogP) is 3.57. The van der Waals surface area contributed by atoms with Crippen LogP contribution < -0.4 is 10.6 Å². The van der Waals surface area contributed by atoms with Gasteiger partial charge in [-0.25, -0.2) is 14.2 Å². The van der Waals surface area contributed by atoms with Crippen molar-refractivity contribution in [2.75, 3.05) is 26.1 Å². The van der Waals surface area contributed by atoms with E-state index < -0.39 is 12.3 Å². The molecule has 0 radical (unpaired) electrons. The maximum atomic E-state index is 13.3. The van der Waals surface area contributed by atoms with E-state index >= 15 is 0 Å². The van der Waals surface area contributed by atoms with Crippen molar-refractivity contribution in [2.24, 2.45) is 0 Å². The van der Waals surface area contributed by atoms with Crippen LogP contribution in [0.25, 0.3) is 0 Å². The van der Waals surface area contributed by atoms with E-state index in [1.165, 1.54) is 31.3 Å². The summed E-state index contributed by atoms with van der Waals surface area (Å²) in [5.74, 6) is -0.652. The molecule has 0 unspecified atom stereocenters. The van der Waals surface area contributed by atoms with Crippen molar-refractivity contribution in [1.82, 2.24) is 20.2 Å². The smallest absolute Gasteiger partial charge is 0.324 e. The van der Waals surface area contributed by atoms with E-state index in [1.807, 2.05) is 6.07 Å². The Morgan fingerprint density at radius 1 is 1.15 bits per heavy atom. The van der Waals surface area contributed by atoms with Gasteiger partial charge in [-0.15, -0.1) is 0 Å². The number of methoxy groups -OCH3 is 2. The van der Waals surface area contributed by atoms with Gasteiger partial charge in [-0.2, -0.15) is 0 Å². The fraction of sp³-hybridized carbons (Fsp3) is 0.304. The van der Waals surface area contributed by atoms with E-state index in [0.717, 1.165) is 22.5 Å². The zero-order valence-corrected chi connectivity index (χ0v) is 19.9. The SMILES string of the molecule is COC(CN(Cc1ccc(F)cc1)C(=O)Nc1nc(C)c(C(=O)NCc2cccnc2)s1)OC. The monoisotopic (exact) mass is 487 g/mol. The molecule has 2 aromatic heterocycles. The van der Waals surface area contributed by atoms with E-state index in [2.05, 4.69) is 20.6 Å². The second-order valence-corrected chi connectivity index (χ2v) is 8.31. The van der Waals surface area contributed by atoms with Gasteiger partial charge in [0.1, 0.15) is 10.7 Å². The van der Waals surface area contributed by atoms with Gasteiger partial charge in [0, 0.05) is 39.7 Å². The zero-order valence-electron chi connectivity index (χ0n) is 19.1. The van der Waals surface area contributed by atoms with Crippen molar-refractivity contribution in [3.05, 3.63) is 76.3 Å². The first-order chi connectivity index (χ1) is 16.4. The summed E-state index contributed by atoms with van der Waals surface area (Å²) in [4.78, 5) is 35.9. The second kappa shape index (κ2) is 12.2. The van der Waals surface area contributed by atoms with Gasteiger partial charge in [0.25, 0.3) is 5.91 Å².